The summed E-state index contributed by atoms with van der Waals surface area (Å²) in [5.41, 5.74) is 0. The predicted molar refractivity (Wildman–Crippen MR) is 64.1 cm³/mol. The summed E-state index contributed by atoms with van der Waals surface area (Å²) in [5.74, 6) is 0.466. The van der Waals surface area contributed by atoms with Gasteiger partial charge in [-0.15, -0.1) is 5.10 Å². The molecule has 0 N–H and O–H groups in total. The zero-order chi connectivity index (χ0) is 10.8. The number of hydrogen-bond acceptors (Lipinski definition) is 4. The van der Waals surface area contributed by atoms with Crippen LogP contribution in [0.25, 0.3) is 0 Å². The van der Waals surface area contributed by atoms with Crippen molar-refractivity contribution in [3.8, 4) is 10.9 Å². The van der Waals surface area contributed by atoms with E-state index in [-0.39, 0.29) is 0 Å². The van der Waals surface area contributed by atoms with Crippen molar-refractivity contribution < 1.29 is 4.74 Å². The first-order valence-corrected chi connectivity index (χ1v) is 6.14. The van der Waals surface area contributed by atoms with Gasteiger partial charge in [0, 0.05) is 0 Å². The molecular weight excluding hydrogens is 323 g/mol. The average Bonchev–Trinajstić information content (AvgIpc) is 2.59. The number of aromatic nitrogens is 2. The van der Waals surface area contributed by atoms with E-state index < -0.39 is 0 Å². The van der Waals surface area contributed by atoms with Crippen molar-refractivity contribution in [2.75, 3.05) is 0 Å². The van der Waals surface area contributed by atoms with Crippen molar-refractivity contribution >= 4 is 50.5 Å². The van der Waals surface area contributed by atoms with Crippen molar-refractivity contribution in [3.05, 3.63) is 32.2 Å². The molecule has 0 saturated heterocycles. The van der Waals surface area contributed by atoms with Gasteiger partial charge >= 0.3 is 0 Å². The van der Waals surface area contributed by atoms with Crippen molar-refractivity contribution in [3.63, 3.8) is 0 Å². The Morgan fingerprint density at radius 2 is 2.07 bits per heavy atom. The van der Waals surface area contributed by atoms with Crippen LogP contribution in [0.2, 0.25) is 10.0 Å². The van der Waals surface area contributed by atoms with E-state index in [1.54, 1.807) is 18.2 Å². The van der Waals surface area contributed by atoms with Gasteiger partial charge in [-0.2, -0.15) is 0 Å². The number of hydrogen-bond donors (Lipinski definition) is 0. The van der Waals surface area contributed by atoms with Crippen LogP contribution >= 0.6 is 50.5 Å². The lowest BCUT2D eigenvalue weighted by molar-refractivity contribution is 0.473. The fourth-order valence-electron chi connectivity index (χ4n) is 0.891. The summed E-state index contributed by atoms with van der Waals surface area (Å²) in [5, 5.41) is 8.75. The highest BCUT2D eigenvalue weighted by molar-refractivity contribution is 9.11. The highest BCUT2D eigenvalue weighted by Gasteiger charge is 2.09. The molecule has 3 nitrogen and oxygen atoms in total. The van der Waals surface area contributed by atoms with Crippen LogP contribution in [-0.2, 0) is 0 Å². The molecule has 1 aromatic heterocycles. The molecule has 0 aliphatic heterocycles. The molecule has 15 heavy (non-hydrogen) atoms. The fourth-order valence-corrected chi connectivity index (χ4v) is 2.16. The normalized spacial score (nSPS) is 10.3. The molecule has 0 amide bonds. The molecule has 0 atom stereocenters. The summed E-state index contributed by atoms with van der Waals surface area (Å²) in [6.45, 7) is 0. The quantitative estimate of drug-likeness (QED) is 0.820. The van der Waals surface area contributed by atoms with Gasteiger partial charge in [-0.1, -0.05) is 34.4 Å². The Kier molecular flexibility index (Phi) is 3.45. The van der Waals surface area contributed by atoms with Crippen molar-refractivity contribution in [2.24, 2.45) is 0 Å². The van der Waals surface area contributed by atoms with Gasteiger partial charge in [0.15, 0.2) is 9.67 Å². The summed E-state index contributed by atoms with van der Waals surface area (Å²) in [7, 11) is 0. The Labute approximate surface area is 108 Å². The Bertz CT molecular complexity index is 491. The second-order valence-corrected chi connectivity index (χ2v) is 5.48. The summed E-state index contributed by atoms with van der Waals surface area (Å²) in [6.07, 6.45) is 0. The maximum Gasteiger partial charge on any atom is 0.300 e. The standard InChI is InChI=1S/C8H3BrCl2N2OS/c9-7-12-13-8(15-7)14-5-3-1-2-4(10)6(5)11/h1-3H. The van der Waals surface area contributed by atoms with Gasteiger partial charge < -0.3 is 4.74 Å². The zero-order valence-corrected chi connectivity index (χ0v) is 11.0. The van der Waals surface area contributed by atoms with Crippen LogP contribution in [0.3, 0.4) is 0 Å². The SMILES string of the molecule is Clc1cccc(Oc2nnc(Br)s2)c1Cl. The molecule has 0 saturated carbocycles. The largest absolute Gasteiger partial charge is 0.428 e. The molecule has 1 aromatic carbocycles. The van der Waals surface area contributed by atoms with E-state index in [0.717, 1.165) is 0 Å². The number of nitrogens with zero attached hydrogens (tertiary/aromatic N) is 2. The number of ether oxygens (including phenoxy) is 1. The van der Waals surface area contributed by atoms with Crippen LogP contribution in [0.5, 0.6) is 10.9 Å². The van der Waals surface area contributed by atoms with E-state index in [4.69, 9.17) is 27.9 Å². The van der Waals surface area contributed by atoms with E-state index in [2.05, 4.69) is 26.1 Å². The Morgan fingerprint density at radius 1 is 1.27 bits per heavy atom. The molecule has 7 heteroatoms. The average molecular weight is 326 g/mol. The lowest BCUT2D eigenvalue weighted by Gasteiger charge is -2.03. The van der Waals surface area contributed by atoms with Crippen LogP contribution in [-0.4, -0.2) is 10.2 Å². The van der Waals surface area contributed by atoms with Crippen LogP contribution in [0.15, 0.2) is 22.1 Å². The Balaban J connectivity index is 2.28. The van der Waals surface area contributed by atoms with E-state index in [1.165, 1.54) is 11.3 Å². The topological polar surface area (TPSA) is 35.0 Å². The highest BCUT2D eigenvalue weighted by atomic mass is 79.9. The molecule has 2 aromatic rings. The number of halogens is 3. The molecule has 0 aliphatic carbocycles. The molecule has 2 rings (SSSR count). The van der Waals surface area contributed by atoms with Crippen molar-refractivity contribution in [2.45, 2.75) is 0 Å². The minimum absolute atomic E-state index is 0.366. The van der Waals surface area contributed by atoms with Crippen LogP contribution in [0.4, 0.5) is 0 Å². The second kappa shape index (κ2) is 4.65. The van der Waals surface area contributed by atoms with Crippen molar-refractivity contribution in [1.29, 1.82) is 0 Å². The predicted octanol–water partition coefficient (Wildman–Crippen LogP) is 4.40. The first-order chi connectivity index (χ1) is 7.16. The molecule has 0 bridgehead atoms. The van der Waals surface area contributed by atoms with Crippen LogP contribution in [0.1, 0.15) is 0 Å². The fraction of sp³-hybridized carbons (Fsp3) is 0. The van der Waals surface area contributed by atoms with E-state index in [9.17, 15) is 0 Å². The molecule has 0 fully saturated rings. The van der Waals surface area contributed by atoms with Crippen LogP contribution in [0, 0.1) is 0 Å². The monoisotopic (exact) mass is 324 g/mol. The zero-order valence-electron chi connectivity index (χ0n) is 7.08. The lowest BCUT2D eigenvalue weighted by Crippen LogP contribution is -1.84. The molecule has 0 aliphatic rings. The molecule has 0 radical (unpaired) electrons. The summed E-state index contributed by atoms with van der Waals surface area (Å²) in [4.78, 5) is 0. The first kappa shape index (κ1) is 11.1. The smallest absolute Gasteiger partial charge is 0.300 e. The van der Waals surface area contributed by atoms with E-state index >= 15 is 0 Å². The second-order valence-electron chi connectivity index (χ2n) is 2.47. The first-order valence-electron chi connectivity index (χ1n) is 3.77. The molecule has 0 unspecified atom stereocenters. The third-order valence-electron chi connectivity index (χ3n) is 1.50. The maximum atomic E-state index is 5.94. The van der Waals surface area contributed by atoms with Gasteiger partial charge in [0.1, 0.15) is 5.02 Å². The Morgan fingerprint density at radius 3 is 2.73 bits per heavy atom. The molecule has 78 valence electrons. The van der Waals surface area contributed by atoms with E-state index in [1.807, 2.05) is 0 Å². The van der Waals surface area contributed by atoms with Gasteiger partial charge in [-0.3, -0.25) is 0 Å². The van der Waals surface area contributed by atoms with Gasteiger partial charge in [0.2, 0.25) is 0 Å². The summed E-state index contributed by atoms with van der Waals surface area (Å²) >= 11 is 16.2. The maximum absolute atomic E-state index is 5.94. The number of rotatable bonds is 2. The third kappa shape index (κ3) is 2.60. The lowest BCUT2D eigenvalue weighted by atomic mass is 10.3. The minimum Gasteiger partial charge on any atom is -0.428 e. The molecule has 1 heterocycles. The van der Waals surface area contributed by atoms with Crippen molar-refractivity contribution in [1.82, 2.24) is 10.2 Å². The molecule has 0 spiro atoms. The third-order valence-corrected chi connectivity index (χ3v) is 3.53. The van der Waals surface area contributed by atoms with Crippen LogP contribution < -0.4 is 4.74 Å². The molecular formula is C8H3BrCl2N2OS. The number of benzene rings is 1. The van der Waals surface area contributed by atoms with Gasteiger partial charge in [0.05, 0.1) is 5.02 Å². The van der Waals surface area contributed by atoms with E-state index in [0.29, 0.717) is 24.9 Å². The van der Waals surface area contributed by atoms with Gasteiger partial charge in [-0.25, -0.2) is 0 Å². The van der Waals surface area contributed by atoms with Gasteiger partial charge in [-0.05, 0) is 39.4 Å². The Hall–Kier alpha value is -0.360. The minimum atomic E-state index is 0.366. The summed E-state index contributed by atoms with van der Waals surface area (Å²) < 4.78 is 6.06. The highest BCUT2D eigenvalue weighted by Crippen LogP contribution is 2.35. The summed E-state index contributed by atoms with van der Waals surface area (Å²) in [6, 6.07) is 5.15. The van der Waals surface area contributed by atoms with Gasteiger partial charge in [0.25, 0.3) is 5.19 Å².